The van der Waals surface area contributed by atoms with E-state index in [1.165, 1.54) is 15.9 Å². The molecule has 0 saturated heterocycles. The zero-order valence-electron chi connectivity index (χ0n) is 13.4. The maximum absolute atomic E-state index is 11.6. The number of benzene rings is 3. The van der Waals surface area contributed by atoms with Crippen LogP contribution in [0.3, 0.4) is 0 Å². The number of carbonyl (C=O) groups excluding carboxylic acids is 1. The Morgan fingerprint density at radius 3 is 1.43 bits per heavy atom. The molecule has 114 valence electrons. The summed E-state index contributed by atoms with van der Waals surface area (Å²) in [5.74, 6) is 0.107. The minimum atomic E-state index is -1.69. The van der Waals surface area contributed by atoms with Gasteiger partial charge in [-0.15, -0.1) is 0 Å². The average molecular weight is 319 g/mol. The molecule has 0 bridgehead atoms. The summed E-state index contributed by atoms with van der Waals surface area (Å²) in [6.07, 6.45) is 0. The maximum atomic E-state index is 11.6. The number of hydrogen-bond acceptors (Lipinski definition) is 1. The van der Waals surface area contributed by atoms with Gasteiger partial charge in [0, 0.05) is 5.56 Å². The topological polar surface area (TPSA) is 17.1 Å². The molecule has 0 saturated carbocycles. The first kappa shape index (κ1) is 15.6. The molecular weight excluding hydrogens is 299 g/mol. The molecule has 1 nitrogen and oxygen atoms in total. The first-order chi connectivity index (χ1) is 11.1. The summed E-state index contributed by atoms with van der Waals surface area (Å²) in [5, 5.41) is 3.99. The quantitative estimate of drug-likeness (QED) is 0.528. The van der Waals surface area contributed by atoms with Crippen molar-refractivity contribution < 1.29 is 4.79 Å². The molecule has 0 atom stereocenters. The predicted molar refractivity (Wildman–Crippen MR) is 101 cm³/mol. The van der Waals surface area contributed by atoms with Crippen LogP contribution in [0.2, 0.25) is 0 Å². The minimum absolute atomic E-state index is 0.107. The summed E-state index contributed by atoms with van der Waals surface area (Å²) >= 11 is 0. The minimum Gasteiger partial charge on any atom is -0.295 e. The zero-order chi connectivity index (χ0) is 16.3. The third kappa shape index (κ3) is 2.98. The van der Waals surface area contributed by atoms with Gasteiger partial charge in [0.2, 0.25) is 0 Å². The van der Waals surface area contributed by atoms with Crippen LogP contribution in [0.4, 0.5) is 0 Å². The van der Waals surface area contributed by atoms with E-state index in [0.29, 0.717) is 0 Å². The fraction of sp³-hybridized carbons (Fsp3) is 0.0952. The second kappa shape index (κ2) is 6.48. The van der Waals surface area contributed by atoms with Crippen molar-refractivity contribution in [2.45, 2.75) is 6.92 Å². The number of carbonyl (C=O) groups is 1. The van der Waals surface area contributed by atoms with Crippen LogP contribution < -0.4 is 15.9 Å². The highest BCUT2D eigenvalue weighted by atomic mass is 31.2. The highest BCUT2D eigenvalue weighted by molar-refractivity contribution is 7.95. The molecule has 0 fully saturated rings. The predicted octanol–water partition coefficient (Wildman–Crippen LogP) is 3.81. The Morgan fingerprint density at radius 1 is 0.652 bits per heavy atom. The van der Waals surface area contributed by atoms with E-state index in [1.54, 1.807) is 6.92 Å². The highest BCUT2D eigenvalue weighted by Crippen LogP contribution is 2.51. The summed E-state index contributed by atoms with van der Waals surface area (Å²) in [6, 6.07) is 29.5. The van der Waals surface area contributed by atoms with Crippen LogP contribution in [0.1, 0.15) is 17.3 Å². The molecule has 0 aliphatic carbocycles. The molecule has 0 aromatic heterocycles. The molecule has 0 N–H and O–H groups in total. The van der Waals surface area contributed by atoms with E-state index in [-0.39, 0.29) is 5.78 Å². The average Bonchev–Trinajstić information content (AvgIpc) is 2.62. The van der Waals surface area contributed by atoms with Crippen molar-refractivity contribution in [3.05, 3.63) is 90.5 Å². The van der Waals surface area contributed by atoms with E-state index < -0.39 is 7.26 Å². The Kier molecular flexibility index (Phi) is 4.41. The molecule has 3 aromatic rings. The van der Waals surface area contributed by atoms with Gasteiger partial charge in [-0.2, -0.15) is 0 Å². The third-order valence-corrected chi connectivity index (χ3v) is 8.33. The van der Waals surface area contributed by atoms with Crippen molar-refractivity contribution in [3.8, 4) is 0 Å². The van der Waals surface area contributed by atoms with Crippen LogP contribution in [0.15, 0.2) is 84.9 Å². The number of hydrogen-bond donors (Lipinski definition) is 0. The van der Waals surface area contributed by atoms with Crippen LogP contribution in [-0.4, -0.2) is 12.4 Å². The lowest BCUT2D eigenvalue weighted by Gasteiger charge is -2.23. The summed E-state index contributed by atoms with van der Waals surface area (Å²) in [7, 11) is -1.69. The lowest BCUT2D eigenvalue weighted by atomic mass is 10.2. The van der Waals surface area contributed by atoms with Gasteiger partial charge >= 0.3 is 0 Å². The normalized spacial score (nSPS) is 11.2. The lowest BCUT2D eigenvalue weighted by molar-refractivity contribution is 0.101. The summed E-state index contributed by atoms with van der Waals surface area (Å²) in [4.78, 5) is 11.6. The van der Waals surface area contributed by atoms with Crippen LogP contribution in [0, 0.1) is 0 Å². The first-order valence-corrected chi connectivity index (χ1v) is 9.95. The van der Waals surface area contributed by atoms with Crippen LogP contribution in [0.5, 0.6) is 0 Å². The fourth-order valence-corrected chi connectivity index (χ4v) is 6.07. The van der Waals surface area contributed by atoms with E-state index in [1.807, 2.05) is 12.1 Å². The van der Waals surface area contributed by atoms with Gasteiger partial charge in [0.25, 0.3) is 0 Å². The molecule has 3 rings (SSSR count). The van der Waals surface area contributed by atoms with Gasteiger partial charge in [-0.25, -0.2) is 0 Å². The van der Waals surface area contributed by atoms with Gasteiger partial charge in [-0.3, -0.25) is 4.79 Å². The zero-order valence-corrected chi connectivity index (χ0v) is 14.3. The Hall–Kier alpha value is -2.24. The Balaban J connectivity index is 2.18. The summed E-state index contributed by atoms with van der Waals surface area (Å²) in [6.45, 7) is 3.96. The molecule has 0 amide bonds. The second-order valence-corrected chi connectivity index (χ2v) is 9.34. The van der Waals surface area contributed by atoms with Gasteiger partial charge in [0.05, 0.1) is 6.66 Å². The van der Waals surface area contributed by atoms with Crippen LogP contribution in [0.25, 0.3) is 0 Å². The second-order valence-electron chi connectivity index (χ2n) is 5.78. The number of ketones is 1. The third-order valence-electron chi connectivity index (χ3n) is 4.34. The summed E-state index contributed by atoms with van der Waals surface area (Å²) < 4.78 is 0. The molecule has 0 spiro atoms. The van der Waals surface area contributed by atoms with E-state index in [0.717, 1.165) is 5.56 Å². The van der Waals surface area contributed by atoms with Gasteiger partial charge in [0.1, 0.15) is 23.2 Å². The maximum Gasteiger partial charge on any atom is 0.159 e. The first-order valence-electron chi connectivity index (χ1n) is 7.71. The van der Waals surface area contributed by atoms with Crippen molar-refractivity contribution >= 4 is 29.0 Å². The van der Waals surface area contributed by atoms with Crippen molar-refractivity contribution in [2.24, 2.45) is 0 Å². The van der Waals surface area contributed by atoms with Crippen molar-refractivity contribution in [2.75, 3.05) is 6.66 Å². The highest BCUT2D eigenvalue weighted by Gasteiger charge is 2.39. The standard InChI is InChI=1S/C21H20OP/c1-17(22)18-13-15-21(16-14-18)23(2,19-9-5-3-6-10-19)20-11-7-4-8-12-20/h3-16H,1-2H3/q+1. The lowest BCUT2D eigenvalue weighted by Crippen LogP contribution is -2.30. The number of rotatable bonds is 4. The molecule has 3 aromatic carbocycles. The smallest absolute Gasteiger partial charge is 0.159 e. The van der Waals surface area contributed by atoms with Gasteiger partial charge in [0.15, 0.2) is 5.78 Å². The molecule has 0 heterocycles. The molecule has 0 aliphatic rings. The van der Waals surface area contributed by atoms with Crippen LogP contribution >= 0.6 is 7.26 Å². The molecule has 0 unspecified atom stereocenters. The molecule has 0 radical (unpaired) electrons. The van der Waals surface area contributed by atoms with Crippen molar-refractivity contribution in [1.29, 1.82) is 0 Å². The Morgan fingerprint density at radius 2 is 1.04 bits per heavy atom. The van der Waals surface area contributed by atoms with E-state index in [4.69, 9.17) is 0 Å². The molecule has 2 heteroatoms. The van der Waals surface area contributed by atoms with E-state index >= 15 is 0 Å². The Bertz CT molecular complexity index is 753. The molecular formula is C21H20OP+. The van der Waals surface area contributed by atoms with E-state index in [2.05, 4.69) is 79.5 Å². The largest absolute Gasteiger partial charge is 0.295 e. The van der Waals surface area contributed by atoms with Gasteiger partial charge in [-0.05, 0) is 55.5 Å². The van der Waals surface area contributed by atoms with Crippen molar-refractivity contribution in [3.63, 3.8) is 0 Å². The molecule has 23 heavy (non-hydrogen) atoms. The van der Waals surface area contributed by atoms with Gasteiger partial charge < -0.3 is 0 Å². The SMILES string of the molecule is CC(=O)c1ccc([P+](C)(c2ccccc2)c2ccccc2)cc1. The monoisotopic (exact) mass is 319 g/mol. The Labute approximate surface area is 138 Å². The molecule has 0 aliphatic heterocycles. The summed E-state index contributed by atoms with van der Waals surface area (Å²) in [5.41, 5.74) is 0.765. The fourth-order valence-electron chi connectivity index (χ4n) is 2.89. The van der Waals surface area contributed by atoms with Gasteiger partial charge in [-0.1, -0.05) is 36.4 Å². The van der Waals surface area contributed by atoms with Crippen molar-refractivity contribution in [1.82, 2.24) is 0 Å². The number of Topliss-reactive ketones (excluding diaryl/α,β-unsaturated/α-hetero) is 1. The van der Waals surface area contributed by atoms with E-state index in [9.17, 15) is 4.79 Å². The van der Waals surface area contributed by atoms with Crippen LogP contribution in [-0.2, 0) is 0 Å².